The van der Waals surface area contributed by atoms with E-state index in [0.29, 0.717) is 5.56 Å². The van der Waals surface area contributed by atoms with Gasteiger partial charge in [0, 0.05) is 24.0 Å². The van der Waals surface area contributed by atoms with Crippen molar-refractivity contribution in [1.29, 1.82) is 0 Å². The summed E-state index contributed by atoms with van der Waals surface area (Å²) in [6, 6.07) is 4.78. The predicted octanol–water partition coefficient (Wildman–Crippen LogP) is 1.26. The third-order valence-corrected chi connectivity index (χ3v) is 4.71. The summed E-state index contributed by atoms with van der Waals surface area (Å²) in [4.78, 5) is 48.7. The number of nitrogens with one attached hydrogen (secondary N) is 1. The molecule has 1 aliphatic rings. The number of hydrogen-bond acceptors (Lipinski definition) is 7. The van der Waals surface area contributed by atoms with Crippen LogP contribution >= 0.6 is 0 Å². The van der Waals surface area contributed by atoms with E-state index in [9.17, 15) is 29.4 Å². The number of amides is 1. The molecule has 0 aromatic heterocycles. The van der Waals surface area contributed by atoms with Crippen LogP contribution in [-0.4, -0.2) is 53.9 Å². The number of aromatic hydroxyl groups is 1. The maximum absolute atomic E-state index is 12.6. The second kappa shape index (κ2) is 9.73. The molecule has 0 radical (unpaired) electrons. The van der Waals surface area contributed by atoms with Crippen molar-refractivity contribution in [3.63, 3.8) is 0 Å². The Morgan fingerprint density at radius 2 is 1.60 bits per heavy atom. The van der Waals surface area contributed by atoms with Crippen LogP contribution in [0.2, 0.25) is 0 Å². The molecule has 0 heterocycles. The van der Waals surface area contributed by atoms with Gasteiger partial charge in [-0.2, -0.15) is 0 Å². The summed E-state index contributed by atoms with van der Waals surface area (Å²) >= 11 is 0. The number of carboxylic acid groups (broad SMARTS) is 1. The van der Waals surface area contributed by atoms with E-state index in [4.69, 9.17) is 9.47 Å². The number of carbonyl (C=O) groups is 4. The lowest BCUT2D eigenvalue weighted by Gasteiger charge is -2.20. The van der Waals surface area contributed by atoms with Crippen LogP contribution in [0.15, 0.2) is 46.9 Å². The number of aliphatic carboxylic acids is 1. The Labute approximate surface area is 173 Å². The maximum Gasteiger partial charge on any atom is 0.326 e. The number of benzene rings is 1. The van der Waals surface area contributed by atoms with Gasteiger partial charge in [0.1, 0.15) is 11.8 Å². The molecule has 2 rings (SSSR count). The van der Waals surface area contributed by atoms with Gasteiger partial charge in [-0.05, 0) is 31.0 Å². The fraction of sp³-hybridized carbons (Fsp3) is 0.333. The van der Waals surface area contributed by atoms with Crippen molar-refractivity contribution < 1.29 is 38.9 Å². The zero-order valence-corrected chi connectivity index (χ0v) is 16.9. The molecular formula is C21H23NO8. The summed E-state index contributed by atoms with van der Waals surface area (Å²) in [6.45, 7) is 1.46. The first-order valence-corrected chi connectivity index (χ1v) is 9.11. The van der Waals surface area contributed by atoms with Crippen LogP contribution in [0.1, 0.15) is 25.3 Å². The number of phenols is 1. The van der Waals surface area contributed by atoms with Crippen LogP contribution in [-0.2, 0) is 35.1 Å². The van der Waals surface area contributed by atoms with Gasteiger partial charge in [0.05, 0.1) is 14.2 Å². The van der Waals surface area contributed by atoms with E-state index in [1.165, 1.54) is 33.3 Å². The quantitative estimate of drug-likeness (QED) is 0.510. The average Bonchev–Trinajstić information content (AvgIpc) is 2.71. The molecule has 160 valence electrons. The van der Waals surface area contributed by atoms with Gasteiger partial charge in [-0.15, -0.1) is 0 Å². The number of hydrogen-bond donors (Lipinski definition) is 3. The number of allylic oxidation sites excluding steroid dienone is 2. The van der Waals surface area contributed by atoms with Crippen LogP contribution in [0.4, 0.5) is 0 Å². The Kier molecular flexibility index (Phi) is 7.35. The molecule has 0 spiro atoms. The van der Waals surface area contributed by atoms with Gasteiger partial charge in [0.2, 0.25) is 29.0 Å². The third kappa shape index (κ3) is 5.05. The Morgan fingerprint density at radius 3 is 2.13 bits per heavy atom. The lowest BCUT2D eigenvalue weighted by Crippen LogP contribution is -2.42. The number of ketones is 2. The highest BCUT2D eigenvalue weighted by atomic mass is 16.5. The van der Waals surface area contributed by atoms with E-state index in [1.54, 1.807) is 12.1 Å². The third-order valence-electron chi connectivity index (χ3n) is 4.71. The molecule has 0 saturated heterocycles. The first-order chi connectivity index (χ1) is 14.2. The van der Waals surface area contributed by atoms with Crippen molar-refractivity contribution in [1.82, 2.24) is 5.32 Å². The van der Waals surface area contributed by atoms with Crippen molar-refractivity contribution in [2.75, 3.05) is 14.2 Å². The van der Waals surface area contributed by atoms with Gasteiger partial charge in [-0.1, -0.05) is 12.1 Å². The van der Waals surface area contributed by atoms with Gasteiger partial charge in [-0.25, -0.2) is 4.79 Å². The molecule has 0 fully saturated rings. The number of phenolic OH excluding ortho intramolecular Hbond substituents is 1. The van der Waals surface area contributed by atoms with Crippen LogP contribution in [0.5, 0.6) is 5.75 Å². The summed E-state index contributed by atoms with van der Waals surface area (Å²) in [5, 5.41) is 21.1. The van der Waals surface area contributed by atoms with Crippen molar-refractivity contribution in [2.24, 2.45) is 0 Å². The summed E-state index contributed by atoms with van der Waals surface area (Å²) in [5.74, 6) is -3.20. The Balaban J connectivity index is 2.05. The SMILES string of the molecule is COC1=C(OC)C(=O)C(CCC(=O)NC(Cc2ccc(O)cc2)C(=O)O)=C(C)C1=O. The highest BCUT2D eigenvalue weighted by Crippen LogP contribution is 2.28. The number of rotatable bonds is 9. The fourth-order valence-electron chi connectivity index (χ4n) is 3.07. The van der Waals surface area contributed by atoms with Gasteiger partial charge in [0.25, 0.3) is 0 Å². The molecule has 1 atom stereocenters. The Morgan fingerprint density at radius 1 is 1.03 bits per heavy atom. The molecule has 9 heteroatoms. The van der Waals surface area contributed by atoms with Gasteiger partial charge < -0.3 is 25.0 Å². The van der Waals surface area contributed by atoms with E-state index < -0.39 is 29.5 Å². The van der Waals surface area contributed by atoms with Crippen LogP contribution < -0.4 is 5.32 Å². The van der Waals surface area contributed by atoms with E-state index in [1.807, 2.05) is 0 Å². The normalized spacial score (nSPS) is 15.2. The van der Waals surface area contributed by atoms with Gasteiger partial charge >= 0.3 is 5.97 Å². The molecule has 9 nitrogen and oxygen atoms in total. The zero-order valence-electron chi connectivity index (χ0n) is 16.9. The lowest BCUT2D eigenvalue weighted by atomic mass is 9.90. The minimum absolute atomic E-state index is 0.0221. The molecule has 1 amide bonds. The van der Waals surface area contributed by atoms with E-state index in [2.05, 4.69) is 5.32 Å². The number of carbonyl (C=O) groups excluding carboxylic acids is 3. The largest absolute Gasteiger partial charge is 0.508 e. The molecule has 1 aliphatic carbocycles. The van der Waals surface area contributed by atoms with E-state index in [-0.39, 0.29) is 47.7 Å². The second-order valence-corrected chi connectivity index (χ2v) is 6.66. The van der Waals surface area contributed by atoms with Crippen molar-refractivity contribution in [3.05, 3.63) is 52.5 Å². The number of Topliss-reactive ketones (excluding diaryl/α,β-unsaturated/α-hetero) is 2. The minimum Gasteiger partial charge on any atom is -0.508 e. The van der Waals surface area contributed by atoms with E-state index >= 15 is 0 Å². The van der Waals surface area contributed by atoms with Crippen LogP contribution in [0.3, 0.4) is 0 Å². The molecule has 0 aliphatic heterocycles. The summed E-state index contributed by atoms with van der Waals surface area (Å²) < 4.78 is 9.94. The lowest BCUT2D eigenvalue weighted by molar-refractivity contribution is -0.141. The number of ether oxygens (including phenoxy) is 2. The van der Waals surface area contributed by atoms with E-state index in [0.717, 1.165) is 0 Å². The smallest absolute Gasteiger partial charge is 0.326 e. The number of carboxylic acids is 1. The zero-order chi connectivity index (χ0) is 22.4. The molecule has 3 N–H and O–H groups in total. The predicted molar refractivity (Wildman–Crippen MR) is 104 cm³/mol. The minimum atomic E-state index is -1.22. The first kappa shape index (κ1) is 22.7. The van der Waals surface area contributed by atoms with Crippen molar-refractivity contribution in [3.8, 4) is 5.75 Å². The fourth-order valence-corrected chi connectivity index (χ4v) is 3.07. The topological polar surface area (TPSA) is 139 Å². The monoisotopic (exact) mass is 417 g/mol. The standard InChI is InChI=1S/C21H23NO8/c1-11-14(18(26)20(30-3)19(29-2)17(11)25)8-9-16(24)22-15(21(27)28)10-12-4-6-13(23)7-5-12/h4-7,15,23H,8-10H2,1-3H3,(H,22,24)(H,27,28). The van der Waals surface area contributed by atoms with Crippen LogP contribution in [0, 0.1) is 0 Å². The maximum atomic E-state index is 12.6. The van der Waals surface area contributed by atoms with Gasteiger partial charge in [-0.3, -0.25) is 14.4 Å². The molecule has 1 unspecified atom stereocenters. The molecule has 30 heavy (non-hydrogen) atoms. The second-order valence-electron chi connectivity index (χ2n) is 6.66. The molecule has 0 saturated carbocycles. The average molecular weight is 417 g/mol. The van der Waals surface area contributed by atoms with Crippen molar-refractivity contribution in [2.45, 2.75) is 32.2 Å². The Bertz CT molecular complexity index is 927. The van der Waals surface area contributed by atoms with Gasteiger partial charge in [0.15, 0.2) is 0 Å². The molecule has 1 aromatic carbocycles. The molecule has 1 aromatic rings. The number of methoxy groups -OCH3 is 2. The summed E-state index contributed by atoms with van der Waals surface area (Å²) in [7, 11) is 2.50. The highest BCUT2D eigenvalue weighted by molar-refractivity contribution is 6.23. The van der Waals surface area contributed by atoms with Crippen LogP contribution in [0.25, 0.3) is 0 Å². The highest BCUT2D eigenvalue weighted by Gasteiger charge is 2.34. The van der Waals surface area contributed by atoms with Crippen molar-refractivity contribution >= 4 is 23.4 Å². The first-order valence-electron chi connectivity index (χ1n) is 9.11. The summed E-state index contributed by atoms with van der Waals surface area (Å²) in [6.07, 6.45) is -0.226. The molecular weight excluding hydrogens is 394 g/mol. The molecule has 0 bridgehead atoms. The Hall–Kier alpha value is -3.62. The summed E-state index contributed by atoms with van der Waals surface area (Å²) in [5.41, 5.74) is 0.900.